The van der Waals surface area contributed by atoms with E-state index in [9.17, 15) is 8.42 Å². The smallest absolute Gasteiger partial charge is 0.240 e. The Morgan fingerprint density at radius 1 is 1.31 bits per heavy atom. The number of hydrogen-bond acceptors (Lipinski definition) is 7. The highest BCUT2D eigenvalue weighted by atomic mass is 32.2. The van der Waals surface area contributed by atoms with Gasteiger partial charge < -0.3 is 15.4 Å². The second-order valence-electron chi connectivity index (χ2n) is 6.25. The highest BCUT2D eigenvalue weighted by Gasteiger charge is 2.23. The molecule has 26 heavy (non-hydrogen) atoms. The van der Waals surface area contributed by atoms with Crippen molar-refractivity contribution in [1.29, 1.82) is 0 Å². The fourth-order valence-electron chi connectivity index (χ4n) is 3.05. The molecule has 1 aromatic carbocycles. The Labute approximate surface area is 153 Å². The van der Waals surface area contributed by atoms with Crippen molar-refractivity contribution in [3.63, 3.8) is 0 Å². The van der Waals surface area contributed by atoms with Gasteiger partial charge in [-0.3, -0.25) is 0 Å². The molecule has 1 aliphatic rings. The van der Waals surface area contributed by atoms with Gasteiger partial charge in [-0.2, -0.15) is 4.98 Å². The van der Waals surface area contributed by atoms with Crippen molar-refractivity contribution in [1.82, 2.24) is 14.7 Å². The van der Waals surface area contributed by atoms with Crippen LogP contribution in [0, 0.1) is 5.92 Å². The van der Waals surface area contributed by atoms with Gasteiger partial charge >= 0.3 is 0 Å². The van der Waals surface area contributed by atoms with Crippen molar-refractivity contribution in [2.24, 2.45) is 5.92 Å². The number of aromatic nitrogens is 2. The molecule has 3 rings (SSSR count). The van der Waals surface area contributed by atoms with E-state index >= 15 is 0 Å². The zero-order valence-electron chi connectivity index (χ0n) is 14.6. The van der Waals surface area contributed by atoms with E-state index in [1.165, 1.54) is 12.1 Å². The van der Waals surface area contributed by atoms with Crippen LogP contribution in [0.25, 0.3) is 0 Å². The molecule has 1 saturated heterocycles. The summed E-state index contributed by atoms with van der Waals surface area (Å²) in [4.78, 5) is 10.5. The van der Waals surface area contributed by atoms with Crippen molar-refractivity contribution < 1.29 is 13.2 Å². The van der Waals surface area contributed by atoms with Crippen LogP contribution in [0.15, 0.2) is 41.4 Å². The van der Waals surface area contributed by atoms with Gasteiger partial charge in [-0.05, 0) is 49.1 Å². The van der Waals surface area contributed by atoms with Crippen molar-refractivity contribution in [2.45, 2.75) is 17.7 Å². The van der Waals surface area contributed by atoms with Crippen LogP contribution in [0.5, 0.6) is 5.75 Å². The van der Waals surface area contributed by atoms with Gasteiger partial charge in [0.2, 0.25) is 16.0 Å². The first kappa shape index (κ1) is 18.4. The lowest BCUT2D eigenvalue weighted by Gasteiger charge is -2.33. The number of nitrogens with one attached hydrogen (secondary N) is 1. The van der Waals surface area contributed by atoms with Gasteiger partial charge in [0.05, 0.1) is 12.0 Å². The maximum absolute atomic E-state index is 12.5. The molecule has 0 saturated carbocycles. The molecule has 1 atom stereocenters. The Balaban J connectivity index is 1.61. The molecule has 3 N–H and O–H groups in total. The summed E-state index contributed by atoms with van der Waals surface area (Å²) in [5.41, 5.74) is 5.65. The summed E-state index contributed by atoms with van der Waals surface area (Å²) >= 11 is 0. The zero-order chi connectivity index (χ0) is 18.6. The van der Waals surface area contributed by atoms with Crippen LogP contribution in [0.2, 0.25) is 0 Å². The Kier molecular flexibility index (Phi) is 5.58. The second kappa shape index (κ2) is 7.88. The minimum atomic E-state index is -3.54. The Hall–Kier alpha value is -2.39. The third kappa shape index (κ3) is 4.41. The highest BCUT2D eigenvalue weighted by molar-refractivity contribution is 7.89. The number of piperidine rings is 1. The molecule has 0 aliphatic carbocycles. The largest absolute Gasteiger partial charge is 0.497 e. The number of rotatable bonds is 6. The molecule has 2 aromatic rings. The average molecular weight is 377 g/mol. The lowest BCUT2D eigenvalue weighted by molar-refractivity contribution is 0.409. The first-order chi connectivity index (χ1) is 12.5. The fourth-order valence-corrected chi connectivity index (χ4v) is 4.16. The lowest BCUT2D eigenvalue weighted by Crippen LogP contribution is -2.41. The van der Waals surface area contributed by atoms with E-state index in [1.807, 2.05) is 6.07 Å². The monoisotopic (exact) mass is 377 g/mol. The van der Waals surface area contributed by atoms with E-state index < -0.39 is 10.0 Å². The topological polar surface area (TPSA) is 110 Å². The number of nitrogens with two attached hydrogens (primary N) is 1. The molecule has 140 valence electrons. The molecule has 1 fully saturated rings. The summed E-state index contributed by atoms with van der Waals surface area (Å²) in [6, 6.07) is 8.17. The maximum Gasteiger partial charge on any atom is 0.240 e. The molecule has 0 bridgehead atoms. The molecule has 1 aliphatic heterocycles. The number of benzene rings is 1. The standard InChI is InChI=1S/C17H23N5O3S/c1-25-14-4-6-15(7-5-14)26(23,24)20-11-13-3-2-10-22(12-13)16-8-9-19-17(18)21-16/h4-9,13,20H,2-3,10-12H2,1H3,(H2,18,19,21)/t13-/m0/s1. The van der Waals surface area contributed by atoms with Gasteiger partial charge in [0.15, 0.2) is 0 Å². The number of sulfonamides is 1. The normalized spacial score (nSPS) is 17.9. The average Bonchev–Trinajstić information content (AvgIpc) is 2.67. The van der Waals surface area contributed by atoms with Crippen LogP contribution in [0.3, 0.4) is 0 Å². The molecule has 8 nitrogen and oxygen atoms in total. The third-order valence-electron chi connectivity index (χ3n) is 4.43. The van der Waals surface area contributed by atoms with Gasteiger partial charge in [0, 0.05) is 25.8 Å². The number of anilines is 2. The minimum Gasteiger partial charge on any atom is -0.497 e. The van der Waals surface area contributed by atoms with Crippen molar-refractivity contribution >= 4 is 21.8 Å². The first-order valence-electron chi connectivity index (χ1n) is 8.45. The van der Waals surface area contributed by atoms with Gasteiger partial charge in [-0.1, -0.05) is 0 Å². The Morgan fingerprint density at radius 2 is 2.08 bits per heavy atom. The SMILES string of the molecule is COc1ccc(S(=O)(=O)NC[C@@H]2CCCN(c3ccnc(N)n3)C2)cc1. The number of nitrogen functional groups attached to an aromatic ring is 1. The minimum absolute atomic E-state index is 0.202. The summed E-state index contributed by atoms with van der Waals surface area (Å²) in [5, 5.41) is 0. The van der Waals surface area contributed by atoms with E-state index in [1.54, 1.807) is 25.4 Å². The number of ether oxygens (including phenoxy) is 1. The molecule has 0 radical (unpaired) electrons. The van der Waals surface area contributed by atoms with E-state index in [2.05, 4.69) is 19.6 Å². The molecular weight excluding hydrogens is 354 g/mol. The number of nitrogens with zero attached hydrogens (tertiary/aromatic N) is 3. The van der Waals surface area contributed by atoms with Crippen LogP contribution >= 0.6 is 0 Å². The molecule has 9 heteroatoms. The number of methoxy groups -OCH3 is 1. The first-order valence-corrected chi connectivity index (χ1v) is 9.93. The summed E-state index contributed by atoms with van der Waals surface area (Å²) < 4.78 is 32.7. The predicted octanol–water partition coefficient (Wildman–Crippen LogP) is 1.26. The van der Waals surface area contributed by atoms with Crippen LogP contribution < -0.4 is 20.1 Å². The quantitative estimate of drug-likeness (QED) is 0.780. The van der Waals surface area contributed by atoms with Crippen LogP contribution in [0.1, 0.15) is 12.8 Å². The van der Waals surface area contributed by atoms with Gasteiger partial charge in [-0.15, -0.1) is 0 Å². The molecule has 0 amide bonds. The van der Waals surface area contributed by atoms with E-state index in [0.717, 1.165) is 31.7 Å². The number of hydrogen-bond donors (Lipinski definition) is 2. The molecule has 1 aromatic heterocycles. The fraction of sp³-hybridized carbons (Fsp3) is 0.412. The van der Waals surface area contributed by atoms with Crippen molar-refractivity contribution in [3.8, 4) is 5.75 Å². The highest BCUT2D eigenvalue weighted by Crippen LogP contribution is 2.22. The Bertz CT molecular complexity index is 842. The van der Waals surface area contributed by atoms with Crippen molar-refractivity contribution in [3.05, 3.63) is 36.5 Å². The molecule has 0 unspecified atom stereocenters. The summed E-state index contributed by atoms with van der Waals surface area (Å²) in [6.45, 7) is 1.98. The van der Waals surface area contributed by atoms with E-state index in [0.29, 0.717) is 12.3 Å². The van der Waals surface area contributed by atoms with E-state index in [4.69, 9.17) is 10.5 Å². The van der Waals surface area contributed by atoms with Gasteiger partial charge in [-0.25, -0.2) is 18.1 Å². The van der Waals surface area contributed by atoms with Crippen LogP contribution in [0.4, 0.5) is 11.8 Å². The summed E-state index contributed by atoms with van der Waals surface area (Å²) in [6.07, 6.45) is 3.56. The zero-order valence-corrected chi connectivity index (χ0v) is 15.4. The summed E-state index contributed by atoms with van der Waals surface area (Å²) in [5.74, 6) is 1.84. The second-order valence-corrected chi connectivity index (χ2v) is 8.02. The molecular formula is C17H23N5O3S. The van der Waals surface area contributed by atoms with Crippen LogP contribution in [-0.4, -0.2) is 45.1 Å². The van der Waals surface area contributed by atoms with Crippen LogP contribution in [-0.2, 0) is 10.0 Å². The summed E-state index contributed by atoms with van der Waals surface area (Å²) in [7, 11) is -2.00. The van der Waals surface area contributed by atoms with Crippen molar-refractivity contribution in [2.75, 3.05) is 37.4 Å². The lowest BCUT2D eigenvalue weighted by atomic mass is 9.98. The Morgan fingerprint density at radius 3 is 2.77 bits per heavy atom. The van der Waals surface area contributed by atoms with Gasteiger partial charge in [0.25, 0.3) is 0 Å². The van der Waals surface area contributed by atoms with Gasteiger partial charge in [0.1, 0.15) is 11.6 Å². The van der Waals surface area contributed by atoms with E-state index in [-0.39, 0.29) is 16.8 Å². The third-order valence-corrected chi connectivity index (χ3v) is 5.87. The maximum atomic E-state index is 12.5. The molecule has 2 heterocycles. The predicted molar refractivity (Wildman–Crippen MR) is 99.6 cm³/mol. The molecule has 0 spiro atoms.